The molecule has 2 aromatic carbocycles. The van der Waals surface area contributed by atoms with Gasteiger partial charge in [-0.3, -0.25) is 14.5 Å². The highest BCUT2D eigenvalue weighted by atomic mass is 32.1. The summed E-state index contributed by atoms with van der Waals surface area (Å²) in [6.45, 7) is 5.86. The van der Waals surface area contributed by atoms with Crippen molar-refractivity contribution in [3.63, 3.8) is 0 Å². The first-order chi connectivity index (χ1) is 17.5. The minimum absolute atomic E-state index is 0.129. The third-order valence-corrected chi connectivity index (χ3v) is 8.06. The number of carbonyl (C=O) groups excluding carboxylic acids is 2. The molecule has 1 N–H and O–H groups in total. The first kappa shape index (κ1) is 22.9. The number of aromatic amines is 1. The van der Waals surface area contributed by atoms with Crippen LogP contribution in [0.5, 0.6) is 0 Å². The van der Waals surface area contributed by atoms with Crippen LogP contribution in [-0.2, 0) is 22.4 Å². The van der Waals surface area contributed by atoms with Gasteiger partial charge >= 0.3 is 0 Å². The molecular formula is C28H29N5O2S. The van der Waals surface area contributed by atoms with E-state index in [4.69, 9.17) is 0 Å². The maximum atomic E-state index is 13.2. The van der Waals surface area contributed by atoms with Crippen molar-refractivity contribution >= 4 is 39.7 Å². The van der Waals surface area contributed by atoms with Gasteiger partial charge in [-0.25, -0.2) is 4.98 Å². The van der Waals surface area contributed by atoms with E-state index in [0.29, 0.717) is 39.1 Å². The lowest BCUT2D eigenvalue weighted by atomic mass is 10.1. The Morgan fingerprint density at radius 1 is 1.03 bits per heavy atom. The smallest absolute Gasteiger partial charge is 0.241 e. The minimum Gasteiger partial charge on any atom is -0.361 e. The molecule has 2 aromatic heterocycles. The largest absolute Gasteiger partial charge is 0.361 e. The van der Waals surface area contributed by atoms with Crippen molar-refractivity contribution < 1.29 is 9.59 Å². The average Bonchev–Trinajstić information content (AvgIpc) is 3.62. The number of rotatable bonds is 5. The molecule has 0 unspecified atom stereocenters. The molecule has 0 saturated carbocycles. The minimum atomic E-state index is 0.129. The highest BCUT2D eigenvalue weighted by Gasteiger charge is 2.28. The number of para-hydroxylation sites is 1. The van der Waals surface area contributed by atoms with Crippen LogP contribution in [-0.4, -0.2) is 70.9 Å². The Bertz CT molecular complexity index is 1430. The number of thiazole rings is 1. The number of H-pyrrole nitrogens is 1. The quantitative estimate of drug-likeness (QED) is 0.452. The molecule has 6 rings (SSSR count). The van der Waals surface area contributed by atoms with E-state index in [1.165, 1.54) is 5.56 Å². The van der Waals surface area contributed by atoms with Crippen LogP contribution in [0.4, 0.5) is 5.69 Å². The maximum Gasteiger partial charge on any atom is 0.241 e. The topological polar surface area (TPSA) is 72.5 Å². The number of anilines is 1. The number of aromatic nitrogens is 2. The van der Waals surface area contributed by atoms with E-state index in [0.717, 1.165) is 51.4 Å². The zero-order chi connectivity index (χ0) is 24.6. The highest BCUT2D eigenvalue weighted by molar-refractivity contribution is 7.09. The van der Waals surface area contributed by atoms with Gasteiger partial charge in [0.15, 0.2) is 0 Å². The van der Waals surface area contributed by atoms with Crippen LogP contribution < -0.4 is 4.90 Å². The molecule has 4 aromatic rings. The van der Waals surface area contributed by atoms with Crippen LogP contribution in [0.3, 0.4) is 0 Å². The van der Waals surface area contributed by atoms with E-state index in [9.17, 15) is 9.59 Å². The monoisotopic (exact) mass is 499 g/mol. The predicted octanol–water partition coefficient (Wildman–Crippen LogP) is 3.88. The van der Waals surface area contributed by atoms with Crippen LogP contribution in [0.1, 0.15) is 16.1 Å². The number of aryl methyl sites for hydroxylation is 1. The number of piperazine rings is 1. The van der Waals surface area contributed by atoms with Gasteiger partial charge in [-0.1, -0.05) is 24.3 Å². The Morgan fingerprint density at radius 2 is 1.86 bits per heavy atom. The summed E-state index contributed by atoms with van der Waals surface area (Å²) in [5.41, 5.74) is 6.43. The number of nitrogens with zero attached hydrogens (tertiary/aromatic N) is 4. The molecule has 36 heavy (non-hydrogen) atoms. The zero-order valence-corrected chi connectivity index (χ0v) is 21.2. The molecule has 7 nitrogen and oxygen atoms in total. The molecule has 2 aliphatic heterocycles. The number of hydrogen-bond donors (Lipinski definition) is 1. The fraction of sp³-hybridized carbons (Fsp3) is 0.321. The molecule has 1 fully saturated rings. The lowest BCUT2D eigenvalue weighted by Crippen LogP contribution is -2.51. The molecule has 0 bridgehead atoms. The van der Waals surface area contributed by atoms with Gasteiger partial charge in [0.25, 0.3) is 0 Å². The number of amides is 2. The van der Waals surface area contributed by atoms with Crippen LogP contribution in [0.2, 0.25) is 0 Å². The molecule has 2 amide bonds. The van der Waals surface area contributed by atoms with E-state index < -0.39 is 0 Å². The van der Waals surface area contributed by atoms with Crippen LogP contribution in [0.25, 0.3) is 22.2 Å². The summed E-state index contributed by atoms with van der Waals surface area (Å²) in [7, 11) is 0. The van der Waals surface area contributed by atoms with Crippen molar-refractivity contribution in [2.24, 2.45) is 0 Å². The Morgan fingerprint density at radius 3 is 2.67 bits per heavy atom. The Balaban J connectivity index is 1.04. The number of hydrogen-bond acceptors (Lipinski definition) is 5. The SMILES string of the molecule is Cc1nc(-c2ccc3c(c2)CCN3C(=O)CN2CCN(C(=O)Cc3c[nH]c4ccccc34)CC2)cs1. The molecule has 8 heteroatoms. The second-order valence-electron chi connectivity index (χ2n) is 9.58. The van der Waals surface area contributed by atoms with Crippen molar-refractivity contribution in [3.8, 4) is 11.3 Å². The summed E-state index contributed by atoms with van der Waals surface area (Å²) in [6.07, 6.45) is 3.20. The van der Waals surface area contributed by atoms with Crippen molar-refractivity contribution in [1.82, 2.24) is 19.8 Å². The molecule has 1 saturated heterocycles. The summed E-state index contributed by atoms with van der Waals surface area (Å²) in [6, 6.07) is 14.4. The average molecular weight is 500 g/mol. The molecular weight excluding hydrogens is 470 g/mol. The Kier molecular flexibility index (Phi) is 6.07. The van der Waals surface area contributed by atoms with E-state index in [1.807, 2.05) is 41.1 Å². The third kappa shape index (κ3) is 4.42. The van der Waals surface area contributed by atoms with Crippen LogP contribution in [0.15, 0.2) is 54.0 Å². The van der Waals surface area contributed by atoms with Crippen molar-refractivity contribution in [2.75, 3.05) is 44.2 Å². The number of benzene rings is 2. The fourth-order valence-corrected chi connectivity index (χ4v) is 5.92. The molecule has 4 heterocycles. The summed E-state index contributed by atoms with van der Waals surface area (Å²) in [5, 5.41) is 4.25. The molecule has 184 valence electrons. The lowest BCUT2D eigenvalue weighted by Gasteiger charge is -2.35. The van der Waals surface area contributed by atoms with Crippen molar-refractivity contribution in [1.29, 1.82) is 0 Å². The maximum absolute atomic E-state index is 13.2. The van der Waals surface area contributed by atoms with Gasteiger partial charge in [-0.05, 0) is 42.7 Å². The van der Waals surface area contributed by atoms with E-state index >= 15 is 0 Å². The number of carbonyl (C=O) groups is 2. The van der Waals surface area contributed by atoms with Gasteiger partial charge in [-0.15, -0.1) is 11.3 Å². The van der Waals surface area contributed by atoms with E-state index in [1.54, 1.807) is 11.3 Å². The lowest BCUT2D eigenvalue weighted by molar-refractivity contribution is -0.132. The van der Waals surface area contributed by atoms with Gasteiger partial charge in [0.05, 0.1) is 23.7 Å². The second-order valence-corrected chi connectivity index (χ2v) is 10.6. The van der Waals surface area contributed by atoms with Gasteiger partial charge in [-0.2, -0.15) is 0 Å². The molecule has 0 atom stereocenters. The Labute approximate surface area is 214 Å². The van der Waals surface area contributed by atoms with E-state index in [2.05, 4.69) is 44.5 Å². The second kappa shape index (κ2) is 9.52. The van der Waals surface area contributed by atoms with Crippen molar-refractivity contribution in [2.45, 2.75) is 19.8 Å². The molecule has 0 radical (unpaired) electrons. The molecule has 2 aliphatic rings. The first-order valence-corrected chi connectivity index (χ1v) is 13.3. The highest BCUT2D eigenvalue weighted by Crippen LogP contribution is 2.33. The van der Waals surface area contributed by atoms with E-state index in [-0.39, 0.29) is 11.8 Å². The van der Waals surface area contributed by atoms with Gasteiger partial charge in [0, 0.05) is 66.5 Å². The van der Waals surface area contributed by atoms with Gasteiger partial charge in [0.2, 0.25) is 11.8 Å². The summed E-state index contributed by atoms with van der Waals surface area (Å²) in [4.78, 5) is 40.0. The predicted molar refractivity (Wildman–Crippen MR) is 143 cm³/mol. The normalized spacial score (nSPS) is 16.0. The van der Waals surface area contributed by atoms with Gasteiger partial charge < -0.3 is 14.8 Å². The standard InChI is InChI=1S/C28H29N5O2S/c1-19-30-25(18-36-19)20-6-7-26-21(14-20)8-9-33(26)28(35)17-31-10-12-32(13-11-31)27(34)15-22-16-29-24-5-3-2-4-23(22)24/h2-7,14,16,18,29H,8-13,15,17H2,1H3. The fourth-order valence-electron chi connectivity index (χ4n) is 5.30. The first-order valence-electron chi connectivity index (χ1n) is 12.5. The van der Waals surface area contributed by atoms with Crippen LogP contribution in [0, 0.1) is 6.92 Å². The molecule has 0 spiro atoms. The van der Waals surface area contributed by atoms with Crippen molar-refractivity contribution in [3.05, 3.63) is 70.2 Å². The zero-order valence-electron chi connectivity index (χ0n) is 20.4. The Hall–Kier alpha value is -3.49. The number of fused-ring (bicyclic) bond motifs is 2. The summed E-state index contributed by atoms with van der Waals surface area (Å²) in [5.74, 6) is 0.273. The van der Waals surface area contributed by atoms with Crippen LogP contribution >= 0.6 is 11.3 Å². The summed E-state index contributed by atoms with van der Waals surface area (Å²) < 4.78 is 0. The number of nitrogens with one attached hydrogen (secondary N) is 1. The third-order valence-electron chi connectivity index (χ3n) is 7.29. The molecule has 0 aliphatic carbocycles. The van der Waals surface area contributed by atoms with Gasteiger partial charge in [0.1, 0.15) is 0 Å². The summed E-state index contributed by atoms with van der Waals surface area (Å²) >= 11 is 1.65.